The summed E-state index contributed by atoms with van der Waals surface area (Å²) in [5, 5.41) is 4.42. The van der Waals surface area contributed by atoms with Crippen molar-refractivity contribution in [1.29, 1.82) is 0 Å². The Kier molecular flexibility index (Phi) is 5.17. The zero-order valence-electron chi connectivity index (χ0n) is 18.3. The van der Waals surface area contributed by atoms with Gasteiger partial charge in [-0.3, -0.25) is 0 Å². The molecule has 166 valence electrons. The molecular weight excluding hydrogens is 461 g/mol. The van der Waals surface area contributed by atoms with Crippen molar-refractivity contribution in [3.8, 4) is 28.4 Å². The molecule has 0 bridgehead atoms. The number of ether oxygens (including phenoxy) is 1. The summed E-state index contributed by atoms with van der Waals surface area (Å²) in [6.07, 6.45) is 1.72. The summed E-state index contributed by atoms with van der Waals surface area (Å²) < 4.78 is 22.8. The highest BCUT2D eigenvalue weighted by Crippen LogP contribution is 2.65. The number of benzene rings is 5. The zero-order chi connectivity index (χ0) is 23.1. The van der Waals surface area contributed by atoms with Gasteiger partial charge < -0.3 is 26.0 Å². The first-order valence-electron chi connectivity index (χ1n) is 10.9. The number of methoxy groups -OCH3 is 1. The van der Waals surface area contributed by atoms with Crippen LogP contribution in [-0.4, -0.2) is 13.3 Å². The first-order chi connectivity index (χ1) is 16.6. The highest BCUT2D eigenvalue weighted by atomic mass is 32.7. The average Bonchev–Trinajstić information content (AvgIpc) is 3.01. The lowest BCUT2D eigenvalue weighted by atomic mass is 9.92. The lowest BCUT2D eigenvalue weighted by molar-refractivity contribution is 0.415. The smallest absolute Gasteiger partial charge is 0.367 e. The molecule has 5 aromatic carbocycles. The van der Waals surface area contributed by atoms with E-state index < -0.39 is 7.07 Å². The molecule has 0 spiro atoms. The summed E-state index contributed by atoms with van der Waals surface area (Å²) in [7, 11) is -1.45. The van der Waals surface area contributed by atoms with Gasteiger partial charge in [0.15, 0.2) is 11.5 Å². The van der Waals surface area contributed by atoms with Crippen molar-refractivity contribution in [2.75, 3.05) is 7.11 Å². The first-order valence-corrected chi connectivity index (χ1v) is 13.5. The highest BCUT2D eigenvalue weighted by molar-refractivity contribution is 8.37. The van der Waals surface area contributed by atoms with Gasteiger partial charge in [0.2, 0.25) is 0 Å². The zero-order valence-corrected chi connectivity index (χ0v) is 20.1. The molecule has 0 saturated carbocycles. The number of nitrogens with zero attached hydrogens (tertiary/aromatic N) is 1. The maximum Gasteiger partial charge on any atom is 0.367 e. The third-order valence-corrected chi connectivity index (χ3v) is 7.91. The van der Waals surface area contributed by atoms with E-state index in [4.69, 9.17) is 26.0 Å². The van der Waals surface area contributed by atoms with Crippen molar-refractivity contribution in [3.63, 3.8) is 0 Å². The van der Waals surface area contributed by atoms with Gasteiger partial charge in [-0.1, -0.05) is 65.4 Å². The Morgan fingerprint density at radius 1 is 0.706 bits per heavy atom. The molecule has 0 fully saturated rings. The van der Waals surface area contributed by atoms with Crippen LogP contribution in [-0.2, 0) is 12.2 Å². The molecule has 0 aromatic heterocycles. The van der Waals surface area contributed by atoms with Crippen molar-refractivity contribution in [1.82, 2.24) is 0 Å². The second kappa shape index (κ2) is 8.35. The molecule has 5 aromatic rings. The van der Waals surface area contributed by atoms with E-state index in [0.29, 0.717) is 11.5 Å². The molecule has 1 aliphatic heterocycles. The van der Waals surface area contributed by atoms with E-state index in [1.54, 1.807) is 13.3 Å². The fraction of sp³-hybridized carbons (Fsp3) is 0.0357. The standard InChI is InChI=1S/C28H20NO3PS/c1-30-22-14-10-19(11-15-22)18-29-33(34)31-25-16-12-20-6-2-4-8-23(20)27(25)28-24-9-5-3-7-21(24)13-17-26(28)32-33/h2-18H,1H3/b29-18+. The predicted molar refractivity (Wildman–Crippen MR) is 143 cm³/mol. The van der Waals surface area contributed by atoms with Crippen molar-refractivity contribution >= 4 is 47.1 Å². The van der Waals surface area contributed by atoms with Gasteiger partial charge in [0, 0.05) is 11.1 Å². The van der Waals surface area contributed by atoms with Crippen molar-refractivity contribution < 1.29 is 13.8 Å². The van der Waals surface area contributed by atoms with Crippen molar-refractivity contribution in [3.05, 3.63) is 103 Å². The summed E-state index contributed by atoms with van der Waals surface area (Å²) in [6, 6.07) is 32.2. The van der Waals surface area contributed by atoms with Gasteiger partial charge in [-0.2, -0.15) is 0 Å². The van der Waals surface area contributed by atoms with Gasteiger partial charge in [0.1, 0.15) is 5.75 Å². The molecule has 1 aliphatic rings. The van der Waals surface area contributed by atoms with E-state index in [2.05, 4.69) is 41.2 Å². The van der Waals surface area contributed by atoms with Crippen LogP contribution in [0.3, 0.4) is 0 Å². The van der Waals surface area contributed by atoms with Crippen molar-refractivity contribution in [2.24, 2.45) is 4.76 Å². The van der Waals surface area contributed by atoms with E-state index in [0.717, 1.165) is 44.0 Å². The van der Waals surface area contributed by atoms with Gasteiger partial charge in [0.05, 0.1) is 13.3 Å². The van der Waals surface area contributed by atoms with Crippen LogP contribution < -0.4 is 13.8 Å². The lowest BCUT2D eigenvalue weighted by Gasteiger charge is -2.22. The molecule has 1 heterocycles. The maximum absolute atomic E-state index is 6.43. The summed E-state index contributed by atoms with van der Waals surface area (Å²) in [5.41, 5.74) is 2.85. The molecule has 6 rings (SSSR count). The maximum atomic E-state index is 6.43. The molecular formula is C28H20NO3PS. The van der Waals surface area contributed by atoms with Gasteiger partial charge >= 0.3 is 7.07 Å². The largest absolute Gasteiger partial charge is 0.497 e. The Bertz CT molecular complexity index is 1480. The fourth-order valence-electron chi connectivity index (χ4n) is 4.31. The van der Waals surface area contributed by atoms with Crippen LogP contribution in [0.1, 0.15) is 5.56 Å². The summed E-state index contributed by atoms with van der Waals surface area (Å²) in [6.45, 7) is 0. The second-order valence-electron chi connectivity index (χ2n) is 7.99. The van der Waals surface area contributed by atoms with Crippen LogP contribution in [0.2, 0.25) is 0 Å². The van der Waals surface area contributed by atoms with Crippen molar-refractivity contribution in [2.45, 2.75) is 0 Å². The Morgan fingerprint density at radius 2 is 1.24 bits per heavy atom. The first kappa shape index (κ1) is 21.0. The Morgan fingerprint density at radius 3 is 1.76 bits per heavy atom. The SMILES string of the molecule is COc1ccc(/C=N/[P+]2([S-])Oc3ccc4ccccc4c3-c3c(ccc4ccccc34)O2)cc1. The minimum Gasteiger partial charge on any atom is -0.497 e. The Balaban J connectivity index is 1.56. The minimum atomic E-state index is -3.09. The Labute approximate surface area is 203 Å². The number of rotatable bonds is 3. The van der Waals surface area contributed by atoms with E-state index >= 15 is 0 Å². The molecule has 0 unspecified atom stereocenters. The average molecular weight is 482 g/mol. The van der Waals surface area contributed by atoms with E-state index in [1.807, 2.05) is 60.7 Å². The van der Waals surface area contributed by atoms with Gasteiger partial charge in [0.25, 0.3) is 0 Å². The predicted octanol–water partition coefficient (Wildman–Crippen LogP) is 7.78. The normalized spacial score (nSPS) is 14.2. The molecule has 0 atom stereocenters. The molecule has 0 amide bonds. The molecule has 34 heavy (non-hydrogen) atoms. The quantitative estimate of drug-likeness (QED) is 0.150. The number of hydrogen-bond donors (Lipinski definition) is 0. The molecule has 4 nitrogen and oxygen atoms in total. The summed E-state index contributed by atoms with van der Waals surface area (Å²) in [5.74, 6) is 2.15. The molecule has 0 radical (unpaired) electrons. The third kappa shape index (κ3) is 3.67. The van der Waals surface area contributed by atoms with Crippen LogP contribution in [0.25, 0.3) is 32.7 Å². The van der Waals surface area contributed by atoms with Crippen LogP contribution in [0.5, 0.6) is 17.2 Å². The fourth-order valence-corrected chi connectivity index (χ4v) is 6.14. The van der Waals surface area contributed by atoms with Gasteiger partial charge in [-0.15, -0.1) is 0 Å². The topological polar surface area (TPSA) is 40.0 Å². The van der Waals surface area contributed by atoms with E-state index in [1.165, 1.54) is 0 Å². The Hall–Kier alpha value is -3.53. The summed E-state index contributed by atoms with van der Waals surface area (Å²) in [4.78, 5) is 0. The monoisotopic (exact) mass is 481 g/mol. The van der Waals surface area contributed by atoms with E-state index in [-0.39, 0.29) is 0 Å². The van der Waals surface area contributed by atoms with Crippen LogP contribution >= 0.6 is 7.07 Å². The van der Waals surface area contributed by atoms with E-state index in [9.17, 15) is 0 Å². The van der Waals surface area contributed by atoms with Gasteiger partial charge in [-0.25, -0.2) is 0 Å². The third-order valence-electron chi connectivity index (χ3n) is 5.92. The van der Waals surface area contributed by atoms with Crippen LogP contribution in [0.15, 0.2) is 102 Å². The summed E-state index contributed by atoms with van der Waals surface area (Å²) >= 11 is 5.93. The molecule has 6 heteroatoms. The molecule has 0 N–H and O–H groups in total. The minimum absolute atomic E-state index is 0.684. The molecule has 0 saturated heterocycles. The second-order valence-corrected chi connectivity index (χ2v) is 10.9. The highest BCUT2D eigenvalue weighted by Gasteiger charge is 2.37. The van der Waals surface area contributed by atoms with Crippen LogP contribution in [0, 0.1) is 0 Å². The van der Waals surface area contributed by atoms with Gasteiger partial charge in [-0.05, 0) is 63.5 Å². The number of hydrogen-bond acceptors (Lipinski definition) is 5. The molecule has 0 aliphatic carbocycles. The number of fused-ring (bicyclic) bond motifs is 7. The van der Waals surface area contributed by atoms with Crippen LogP contribution in [0.4, 0.5) is 0 Å². The lowest BCUT2D eigenvalue weighted by Crippen LogP contribution is -2.03.